The molecule has 1 aromatic rings. The second-order valence-electron chi connectivity index (χ2n) is 1.24. The number of hydrogen-bond acceptors (Lipinski definition) is 4. The van der Waals surface area contributed by atoms with Crippen molar-refractivity contribution in [3.8, 4) is 0 Å². The molecule has 10 heavy (non-hydrogen) atoms. The summed E-state index contributed by atoms with van der Waals surface area (Å²) in [5.41, 5.74) is 0. The molecule has 2 N–H and O–H groups in total. The van der Waals surface area contributed by atoms with Crippen molar-refractivity contribution in [2.75, 3.05) is 0 Å². The van der Waals surface area contributed by atoms with Crippen LogP contribution in [0.2, 0.25) is 4.47 Å². The summed E-state index contributed by atoms with van der Waals surface area (Å²) in [5, 5.41) is 14.0. The minimum absolute atomic E-state index is 0.0321. The molecule has 0 aromatic carbocycles. The SMILES string of the molecule is C=N.OCc1cnc(Cl)s1. The summed E-state index contributed by atoms with van der Waals surface area (Å²) in [6.45, 7) is 2.53. The van der Waals surface area contributed by atoms with Crippen LogP contribution in [-0.4, -0.2) is 16.8 Å². The first-order valence-corrected chi connectivity index (χ1v) is 3.59. The van der Waals surface area contributed by atoms with E-state index in [1.165, 1.54) is 11.3 Å². The molecule has 56 valence electrons. The van der Waals surface area contributed by atoms with Crippen LogP contribution in [0.15, 0.2) is 6.20 Å². The average molecular weight is 179 g/mol. The van der Waals surface area contributed by atoms with Gasteiger partial charge in [0.25, 0.3) is 0 Å². The van der Waals surface area contributed by atoms with Crippen molar-refractivity contribution in [2.24, 2.45) is 0 Å². The lowest BCUT2D eigenvalue weighted by molar-refractivity contribution is 0.285. The van der Waals surface area contributed by atoms with Crippen LogP contribution in [0.4, 0.5) is 0 Å². The highest BCUT2D eigenvalue weighted by Crippen LogP contribution is 2.16. The van der Waals surface area contributed by atoms with Gasteiger partial charge in [-0.25, -0.2) is 4.98 Å². The minimum Gasteiger partial charge on any atom is -0.391 e. The zero-order valence-electron chi connectivity index (χ0n) is 5.17. The van der Waals surface area contributed by atoms with Gasteiger partial charge in [0.05, 0.1) is 11.5 Å². The first-order chi connectivity index (χ1) is 4.83. The number of nitrogens with zero attached hydrogens (tertiary/aromatic N) is 1. The second kappa shape index (κ2) is 5.34. The number of nitrogens with one attached hydrogen (secondary N) is 1. The van der Waals surface area contributed by atoms with Crippen LogP contribution in [0.1, 0.15) is 4.88 Å². The van der Waals surface area contributed by atoms with Crippen molar-refractivity contribution >= 4 is 29.7 Å². The zero-order chi connectivity index (χ0) is 7.98. The molecule has 0 fully saturated rings. The van der Waals surface area contributed by atoms with Gasteiger partial charge >= 0.3 is 0 Å². The van der Waals surface area contributed by atoms with Gasteiger partial charge in [0.15, 0.2) is 4.47 Å². The van der Waals surface area contributed by atoms with Gasteiger partial charge in [-0.15, -0.1) is 11.3 Å². The molecule has 0 spiro atoms. The standard InChI is InChI=1S/C4H4ClNOS.CH3N/c5-4-6-1-3(2-7)8-4;1-2/h1,7H,2H2;2H,1H2. The lowest BCUT2D eigenvalue weighted by Gasteiger charge is -1.77. The third-order valence-electron chi connectivity index (χ3n) is 0.681. The molecule has 0 saturated heterocycles. The van der Waals surface area contributed by atoms with Gasteiger partial charge in [0.1, 0.15) is 0 Å². The summed E-state index contributed by atoms with van der Waals surface area (Å²) < 4.78 is 0.481. The molecule has 0 amide bonds. The molecule has 5 heteroatoms. The molecule has 0 radical (unpaired) electrons. The zero-order valence-corrected chi connectivity index (χ0v) is 6.74. The predicted octanol–water partition coefficient (Wildman–Crippen LogP) is 1.55. The number of aliphatic hydroxyl groups excluding tert-OH is 1. The Bertz CT molecular complexity index is 192. The summed E-state index contributed by atoms with van der Waals surface area (Å²) in [5.74, 6) is 0. The molecule has 0 atom stereocenters. The number of hydrogen-bond donors (Lipinski definition) is 2. The fraction of sp³-hybridized carbons (Fsp3) is 0.200. The molecule has 0 aliphatic rings. The van der Waals surface area contributed by atoms with Crippen LogP contribution in [-0.2, 0) is 6.61 Å². The summed E-state index contributed by atoms with van der Waals surface area (Å²) in [6.07, 6.45) is 1.56. The molecule has 0 aliphatic heterocycles. The normalized spacial score (nSPS) is 8.20. The highest BCUT2D eigenvalue weighted by molar-refractivity contribution is 7.15. The van der Waals surface area contributed by atoms with Crippen molar-refractivity contribution in [1.29, 1.82) is 5.41 Å². The maximum absolute atomic E-state index is 8.46. The minimum atomic E-state index is 0.0321. The Morgan fingerprint density at radius 1 is 1.80 bits per heavy atom. The smallest absolute Gasteiger partial charge is 0.183 e. The average Bonchev–Trinajstić information content (AvgIpc) is 2.40. The van der Waals surface area contributed by atoms with E-state index < -0.39 is 0 Å². The van der Waals surface area contributed by atoms with E-state index in [9.17, 15) is 0 Å². The first kappa shape index (κ1) is 9.55. The summed E-state index contributed by atoms with van der Waals surface area (Å²) >= 11 is 6.73. The first-order valence-electron chi connectivity index (χ1n) is 2.39. The monoisotopic (exact) mass is 178 g/mol. The van der Waals surface area contributed by atoms with E-state index in [1.54, 1.807) is 6.20 Å². The fourth-order valence-corrected chi connectivity index (χ4v) is 1.19. The molecule has 0 bridgehead atoms. The Balaban J connectivity index is 0.000000371. The molecule has 0 aliphatic carbocycles. The molecule has 0 saturated carbocycles. The van der Waals surface area contributed by atoms with Gasteiger partial charge in [0, 0.05) is 6.20 Å². The molecule has 0 unspecified atom stereocenters. The largest absolute Gasteiger partial charge is 0.391 e. The molecule has 3 nitrogen and oxygen atoms in total. The number of halogens is 1. The van der Waals surface area contributed by atoms with Gasteiger partial charge in [-0.05, 0) is 6.72 Å². The Morgan fingerprint density at radius 2 is 2.40 bits per heavy atom. The van der Waals surface area contributed by atoms with Crippen LogP contribution < -0.4 is 0 Å². The fourth-order valence-electron chi connectivity index (χ4n) is 0.357. The summed E-state index contributed by atoms with van der Waals surface area (Å²) in [6, 6.07) is 0. The van der Waals surface area contributed by atoms with E-state index in [4.69, 9.17) is 22.1 Å². The van der Waals surface area contributed by atoms with Crippen LogP contribution >= 0.6 is 22.9 Å². The lowest BCUT2D eigenvalue weighted by atomic mass is 10.6. The van der Waals surface area contributed by atoms with Gasteiger partial charge in [-0.3, -0.25) is 0 Å². The van der Waals surface area contributed by atoms with Crippen molar-refractivity contribution < 1.29 is 5.11 Å². The highest BCUT2D eigenvalue weighted by atomic mass is 35.5. The topological polar surface area (TPSA) is 57.0 Å². The molecular weight excluding hydrogens is 172 g/mol. The Labute approximate surface area is 67.8 Å². The number of rotatable bonds is 1. The van der Waals surface area contributed by atoms with Crippen LogP contribution in [0.5, 0.6) is 0 Å². The lowest BCUT2D eigenvalue weighted by Crippen LogP contribution is -1.70. The second-order valence-corrected chi connectivity index (χ2v) is 2.93. The summed E-state index contributed by atoms with van der Waals surface area (Å²) in [4.78, 5) is 4.51. The van der Waals surface area contributed by atoms with E-state index in [0.29, 0.717) is 4.47 Å². The van der Waals surface area contributed by atoms with Crippen molar-refractivity contribution in [1.82, 2.24) is 4.98 Å². The third-order valence-corrected chi connectivity index (χ3v) is 1.78. The number of aromatic nitrogens is 1. The third kappa shape index (κ3) is 2.91. The predicted molar refractivity (Wildman–Crippen MR) is 42.9 cm³/mol. The van der Waals surface area contributed by atoms with Crippen molar-refractivity contribution in [3.05, 3.63) is 15.5 Å². The van der Waals surface area contributed by atoms with Crippen LogP contribution in [0.25, 0.3) is 0 Å². The Kier molecular flexibility index (Phi) is 5.10. The van der Waals surface area contributed by atoms with Gasteiger partial charge < -0.3 is 10.5 Å². The molecule has 1 aromatic heterocycles. The maximum Gasteiger partial charge on any atom is 0.183 e. The molecular formula is C5H7ClN2OS. The van der Waals surface area contributed by atoms with Gasteiger partial charge in [-0.2, -0.15) is 0 Å². The van der Waals surface area contributed by atoms with E-state index in [1.807, 2.05) is 0 Å². The van der Waals surface area contributed by atoms with E-state index in [0.717, 1.165) is 4.88 Å². The van der Waals surface area contributed by atoms with Crippen molar-refractivity contribution in [3.63, 3.8) is 0 Å². The number of aliphatic hydroxyl groups is 1. The molecule has 1 heterocycles. The molecule has 1 rings (SSSR count). The van der Waals surface area contributed by atoms with E-state index in [-0.39, 0.29) is 6.61 Å². The number of thiazole rings is 1. The van der Waals surface area contributed by atoms with Gasteiger partial charge in [-0.1, -0.05) is 11.6 Å². The van der Waals surface area contributed by atoms with E-state index >= 15 is 0 Å². The van der Waals surface area contributed by atoms with Crippen LogP contribution in [0, 0.1) is 5.41 Å². The summed E-state index contributed by atoms with van der Waals surface area (Å²) in [7, 11) is 0. The Morgan fingerprint density at radius 3 is 2.60 bits per heavy atom. The Hall–Kier alpha value is -0.450. The maximum atomic E-state index is 8.46. The van der Waals surface area contributed by atoms with E-state index in [2.05, 4.69) is 11.7 Å². The van der Waals surface area contributed by atoms with Gasteiger partial charge in [0.2, 0.25) is 0 Å². The quantitative estimate of drug-likeness (QED) is 0.642. The highest BCUT2D eigenvalue weighted by Gasteiger charge is 1.94. The van der Waals surface area contributed by atoms with Crippen molar-refractivity contribution in [2.45, 2.75) is 6.61 Å². The van der Waals surface area contributed by atoms with Crippen LogP contribution in [0.3, 0.4) is 0 Å².